The number of aromatic nitrogens is 5. The molecule has 0 aliphatic rings. The van der Waals surface area contributed by atoms with Crippen molar-refractivity contribution in [1.29, 1.82) is 0 Å². The average molecular weight is 306 g/mol. The molecule has 7 heteroatoms. The fourth-order valence-electron chi connectivity index (χ4n) is 1.51. The molecule has 3 rings (SSSR count). The van der Waals surface area contributed by atoms with E-state index in [4.69, 9.17) is 4.74 Å². The minimum Gasteiger partial charge on any atom is -0.482 e. The summed E-state index contributed by atoms with van der Waals surface area (Å²) in [6, 6.07) is 5.67. The lowest BCUT2D eigenvalue weighted by atomic mass is 10.4. The zero-order chi connectivity index (χ0) is 12.4. The molecule has 0 unspecified atom stereocenters. The van der Waals surface area contributed by atoms with E-state index in [1.54, 1.807) is 23.1 Å². The van der Waals surface area contributed by atoms with E-state index in [-0.39, 0.29) is 0 Å². The molecule has 0 fully saturated rings. The zero-order valence-corrected chi connectivity index (χ0v) is 10.8. The first kappa shape index (κ1) is 11.1. The van der Waals surface area contributed by atoms with Crippen molar-refractivity contribution in [2.24, 2.45) is 0 Å². The van der Waals surface area contributed by atoms with Crippen molar-refractivity contribution in [2.75, 3.05) is 0 Å². The lowest BCUT2D eigenvalue weighted by molar-refractivity contribution is 0.301. The number of halogens is 1. The van der Waals surface area contributed by atoms with Crippen molar-refractivity contribution in [1.82, 2.24) is 24.6 Å². The highest BCUT2D eigenvalue weighted by Crippen LogP contribution is 2.20. The summed E-state index contributed by atoms with van der Waals surface area (Å²) in [5.74, 6) is 0.571. The first-order chi connectivity index (χ1) is 8.84. The van der Waals surface area contributed by atoms with Gasteiger partial charge in [-0.05, 0) is 28.1 Å². The van der Waals surface area contributed by atoms with Crippen LogP contribution in [0, 0.1) is 0 Å². The molecule has 0 N–H and O–H groups in total. The van der Waals surface area contributed by atoms with Crippen molar-refractivity contribution >= 4 is 21.6 Å². The highest BCUT2D eigenvalue weighted by atomic mass is 79.9. The van der Waals surface area contributed by atoms with Gasteiger partial charge in [0, 0.05) is 6.20 Å². The van der Waals surface area contributed by atoms with Gasteiger partial charge in [0.05, 0.1) is 11.9 Å². The Morgan fingerprint density at radius 1 is 1.28 bits per heavy atom. The molecule has 0 saturated heterocycles. The minimum absolute atomic E-state index is 0.368. The number of fused-ring (bicyclic) bond motifs is 1. The minimum atomic E-state index is 0.368. The average Bonchev–Trinajstić information content (AvgIpc) is 2.90. The summed E-state index contributed by atoms with van der Waals surface area (Å²) in [6.07, 6.45) is 4.91. The van der Waals surface area contributed by atoms with E-state index in [1.807, 2.05) is 18.2 Å². The van der Waals surface area contributed by atoms with Crippen LogP contribution in [-0.4, -0.2) is 24.6 Å². The van der Waals surface area contributed by atoms with Gasteiger partial charge < -0.3 is 4.74 Å². The molecule has 6 nitrogen and oxygen atoms in total. The third kappa shape index (κ3) is 2.04. The molecule has 90 valence electrons. The van der Waals surface area contributed by atoms with Crippen molar-refractivity contribution in [3.63, 3.8) is 0 Å². The lowest BCUT2D eigenvalue weighted by Gasteiger charge is -2.06. The normalized spacial score (nSPS) is 10.7. The fourth-order valence-corrected chi connectivity index (χ4v) is 1.87. The van der Waals surface area contributed by atoms with Crippen LogP contribution >= 0.6 is 15.9 Å². The Labute approximate surface area is 111 Å². The van der Waals surface area contributed by atoms with Gasteiger partial charge in [0.25, 0.3) is 0 Å². The van der Waals surface area contributed by atoms with Gasteiger partial charge in [0.1, 0.15) is 12.9 Å². The number of rotatable bonds is 3. The second-order valence-electron chi connectivity index (χ2n) is 3.53. The van der Waals surface area contributed by atoms with Crippen LogP contribution < -0.4 is 4.74 Å². The van der Waals surface area contributed by atoms with Crippen LogP contribution in [0.5, 0.6) is 5.75 Å². The maximum Gasteiger partial charge on any atom is 0.206 e. The Kier molecular flexibility index (Phi) is 2.89. The van der Waals surface area contributed by atoms with Crippen LogP contribution in [0.15, 0.2) is 41.7 Å². The molecule has 0 aromatic carbocycles. The van der Waals surface area contributed by atoms with Gasteiger partial charge in [-0.1, -0.05) is 6.07 Å². The first-order valence-corrected chi connectivity index (χ1v) is 6.01. The summed E-state index contributed by atoms with van der Waals surface area (Å²) in [7, 11) is 0. The van der Waals surface area contributed by atoms with E-state index in [1.165, 1.54) is 0 Å². The fraction of sp³-hybridized carbons (Fsp3) is 0.0909. The Morgan fingerprint density at radius 2 is 2.22 bits per heavy atom. The molecule has 0 spiro atoms. The Hall–Kier alpha value is -2.02. The monoisotopic (exact) mass is 305 g/mol. The summed E-state index contributed by atoms with van der Waals surface area (Å²) >= 11 is 3.31. The summed E-state index contributed by atoms with van der Waals surface area (Å²) in [5, 5.41) is 7.81. The largest absolute Gasteiger partial charge is 0.482 e. The summed E-state index contributed by atoms with van der Waals surface area (Å²) in [5.41, 5.74) is 1.46. The lowest BCUT2D eigenvalue weighted by Crippen LogP contribution is -2.01. The molecular formula is C11H8BrN5O. The number of pyridine rings is 1. The molecule has 0 aliphatic carbocycles. The van der Waals surface area contributed by atoms with Crippen molar-refractivity contribution in [3.8, 4) is 5.75 Å². The molecule has 3 aromatic rings. The van der Waals surface area contributed by atoms with Gasteiger partial charge >= 0.3 is 0 Å². The molecule has 0 saturated carbocycles. The predicted molar refractivity (Wildman–Crippen MR) is 67.1 cm³/mol. The smallest absolute Gasteiger partial charge is 0.206 e. The zero-order valence-electron chi connectivity index (χ0n) is 9.19. The highest BCUT2D eigenvalue weighted by molar-refractivity contribution is 9.10. The third-order valence-corrected chi connectivity index (χ3v) is 2.94. The molecule has 0 atom stereocenters. The molecule has 3 aromatic heterocycles. The maximum absolute atomic E-state index is 5.65. The van der Waals surface area contributed by atoms with E-state index < -0.39 is 0 Å². The molecular weight excluding hydrogens is 298 g/mol. The topological polar surface area (TPSA) is 65.2 Å². The van der Waals surface area contributed by atoms with Crippen LogP contribution in [0.1, 0.15) is 5.69 Å². The second-order valence-corrected chi connectivity index (χ2v) is 4.24. The maximum atomic E-state index is 5.65. The van der Waals surface area contributed by atoms with Crippen molar-refractivity contribution < 1.29 is 4.74 Å². The van der Waals surface area contributed by atoms with E-state index >= 15 is 0 Å². The van der Waals surface area contributed by atoms with Crippen molar-refractivity contribution in [2.45, 2.75) is 6.61 Å². The molecule has 0 amide bonds. The Balaban J connectivity index is 1.87. The van der Waals surface area contributed by atoms with Crippen molar-refractivity contribution in [3.05, 3.63) is 47.3 Å². The Morgan fingerprint density at radius 3 is 3.06 bits per heavy atom. The van der Waals surface area contributed by atoms with Gasteiger partial charge in [-0.25, -0.2) is 4.98 Å². The first-order valence-electron chi connectivity index (χ1n) is 5.21. The van der Waals surface area contributed by atoms with Crippen LogP contribution in [-0.2, 0) is 6.61 Å². The number of hydrogen-bond donors (Lipinski definition) is 0. The molecule has 0 radical (unpaired) electrons. The Bertz CT molecular complexity index is 670. The second kappa shape index (κ2) is 4.69. The van der Waals surface area contributed by atoms with Gasteiger partial charge in [0.15, 0.2) is 10.5 Å². The summed E-state index contributed by atoms with van der Waals surface area (Å²) in [6.45, 7) is 0.368. The van der Waals surface area contributed by atoms with Crippen LogP contribution in [0.3, 0.4) is 0 Å². The predicted octanol–water partition coefficient (Wildman–Crippen LogP) is 1.86. The van der Waals surface area contributed by atoms with E-state index in [9.17, 15) is 0 Å². The number of ether oxygens (including phenoxy) is 1. The molecule has 3 heterocycles. The van der Waals surface area contributed by atoms with E-state index in [0.29, 0.717) is 22.7 Å². The quantitative estimate of drug-likeness (QED) is 0.691. The molecule has 18 heavy (non-hydrogen) atoms. The molecule has 0 bridgehead atoms. The van der Waals surface area contributed by atoms with Crippen LogP contribution in [0.4, 0.5) is 0 Å². The van der Waals surface area contributed by atoms with Gasteiger partial charge in [-0.3, -0.25) is 9.38 Å². The number of nitrogens with zero attached hydrogens (tertiary/aromatic N) is 5. The third-order valence-electron chi connectivity index (χ3n) is 2.36. The van der Waals surface area contributed by atoms with Gasteiger partial charge in [-0.15, -0.1) is 10.2 Å². The highest BCUT2D eigenvalue weighted by Gasteiger charge is 2.08. The SMILES string of the molecule is Brc1ncc(OCc2ccccn2)c2nncn12. The van der Waals surface area contributed by atoms with E-state index in [2.05, 4.69) is 36.1 Å². The summed E-state index contributed by atoms with van der Waals surface area (Å²) < 4.78 is 7.98. The molecule has 0 aliphatic heterocycles. The summed E-state index contributed by atoms with van der Waals surface area (Å²) in [4.78, 5) is 8.33. The van der Waals surface area contributed by atoms with Crippen LogP contribution in [0.25, 0.3) is 5.65 Å². The number of hydrogen-bond acceptors (Lipinski definition) is 5. The standard InChI is InChI=1S/C11H8BrN5O/c12-11-14-5-9(10-16-15-7-17(10)11)18-6-8-3-1-2-4-13-8/h1-5,7H,6H2. The van der Waals surface area contributed by atoms with Gasteiger partial charge in [0.2, 0.25) is 5.65 Å². The van der Waals surface area contributed by atoms with Crippen LogP contribution in [0.2, 0.25) is 0 Å². The van der Waals surface area contributed by atoms with E-state index in [0.717, 1.165) is 5.69 Å². The van der Waals surface area contributed by atoms with Gasteiger partial charge in [-0.2, -0.15) is 0 Å².